The summed E-state index contributed by atoms with van der Waals surface area (Å²) in [7, 11) is 0. The summed E-state index contributed by atoms with van der Waals surface area (Å²) < 4.78 is 0. The molecule has 2 unspecified atom stereocenters. The quantitative estimate of drug-likeness (QED) is 0.764. The average Bonchev–Trinajstić information content (AvgIpc) is 2.04. The predicted molar refractivity (Wildman–Crippen MR) is 58.0 cm³/mol. The van der Waals surface area contributed by atoms with Gasteiger partial charge in [0.05, 0.1) is 0 Å². The van der Waals surface area contributed by atoms with Crippen molar-refractivity contribution in [2.24, 2.45) is 5.92 Å². The van der Waals surface area contributed by atoms with Crippen LogP contribution in [0, 0.1) is 5.92 Å². The number of carbonyl (C=O) groups is 1. The second-order valence-electron chi connectivity index (χ2n) is 3.98. The summed E-state index contributed by atoms with van der Waals surface area (Å²) in [5, 5.41) is 3.85. The number of amides is 1. The van der Waals surface area contributed by atoms with Gasteiger partial charge in [-0.2, -0.15) is 0 Å². The van der Waals surface area contributed by atoms with Crippen molar-refractivity contribution in [2.75, 3.05) is 5.33 Å². The lowest BCUT2D eigenvalue weighted by Crippen LogP contribution is -2.37. The molecule has 0 radical (unpaired) electrons. The summed E-state index contributed by atoms with van der Waals surface area (Å²) in [4.78, 5) is 11.3. The summed E-state index contributed by atoms with van der Waals surface area (Å²) >= 11 is 3.27. The molecule has 0 bridgehead atoms. The fourth-order valence-electron chi connectivity index (χ4n) is 1.95. The van der Waals surface area contributed by atoms with Gasteiger partial charge >= 0.3 is 0 Å². The molecular formula is C10H18BrNO. The van der Waals surface area contributed by atoms with Gasteiger partial charge in [-0.15, -0.1) is 0 Å². The molecule has 1 amide bonds. The van der Waals surface area contributed by atoms with Gasteiger partial charge in [-0.05, 0) is 18.8 Å². The van der Waals surface area contributed by atoms with E-state index in [1.54, 1.807) is 0 Å². The van der Waals surface area contributed by atoms with Gasteiger partial charge in [0.15, 0.2) is 0 Å². The minimum atomic E-state index is 0.191. The van der Waals surface area contributed by atoms with E-state index in [9.17, 15) is 4.79 Å². The van der Waals surface area contributed by atoms with Gasteiger partial charge in [0.2, 0.25) is 5.91 Å². The molecule has 0 aliphatic heterocycles. The van der Waals surface area contributed by atoms with Crippen molar-refractivity contribution in [2.45, 2.75) is 45.1 Å². The van der Waals surface area contributed by atoms with Gasteiger partial charge in [0, 0.05) is 17.8 Å². The molecule has 2 atom stereocenters. The molecule has 1 N–H and O–H groups in total. The fraction of sp³-hybridized carbons (Fsp3) is 0.900. The third kappa shape index (κ3) is 4.12. The van der Waals surface area contributed by atoms with Crippen molar-refractivity contribution in [1.29, 1.82) is 0 Å². The van der Waals surface area contributed by atoms with Gasteiger partial charge in [0.25, 0.3) is 0 Å². The monoisotopic (exact) mass is 247 g/mol. The first kappa shape index (κ1) is 11.0. The SMILES string of the molecule is CC1CCCC(NC(=O)CCBr)C1. The molecular weight excluding hydrogens is 230 g/mol. The van der Waals surface area contributed by atoms with Crippen LogP contribution in [0.1, 0.15) is 39.0 Å². The van der Waals surface area contributed by atoms with E-state index in [1.807, 2.05) is 0 Å². The van der Waals surface area contributed by atoms with E-state index in [-0.39, 0.29) is 5.91 Å². The Labute approximate surface area is 88.6 Å². The number of hydrogen-bond acceptors (Lipinski definition) is 1. The van der Waals surface area contributed by atoms with E-state index in [0.717, 1.165) is 17.7 Å². The maximum absolute atomic E-state index is 11.3. The highest BCUT2D eigenvalue weighted by Gasteiger charge is 2.19. The van der Waals surface area contributed by atoms with Crippen LogP contribution in [0.15, 0.2) is 0 Å². The minimum Gasteiger partial charge on any atom is -0.353 e. The van der Waals surface area contributed by atoms with E-state index < -0.39 is 0 Å². The molecule has 0 aromatic rings. The Morgan fingerprint density at radius 3 is 2.92 bits per heavy atom. The smallest absolute Gasteiger partial charge is 0.221 e. The van der Waals surface area contributed by atoms with Crippen LogP contribution in [-0.2, 0) is 4.79 Å². The van der Waals surface area contributed by atoms with E-state index in [1.165, 1.54) is 19.3 Å². The summed E-state index contributed by atoms with van der Waals surface area (Å²) in [6.45, 7) is 2.27. The molecule has 76 valence electrons. The largest absolute Gasteiger partial charge is 0.353 e. The zero-order chi connectivity index (χ0) is 9.68. The Kier molecular flexibility index (Phi) is 4.78. The Balaban J connectivity index is 2.23. The third-order valence-corrected chi connectivity index (χ3v) is 3.02. The third-order valence-electron chi connectivity index (χ3n) is 2.62. The highest BCUT2D eigenvalue weighted by Crippen LogP contribution is 2.23. The van der Waals surface area contributed by atoms with Crippen LogP contribution in [0.3, 0.4) is 0 Å². The molecule has 13 heavy (non-hydrogen) atoms. The molecule has 1 aliphatic carbocycles. The lowest BCUT2D eigenvalue weighted by molar-refractivity contribution is -0.121. The molecule has 1 saturated carbocycles. The van der Waals surface area contributed by atoms with Gasteiger partial charge < -0.3 is 5.32 Å². The lowest BCUT2D eigenvalue weighted by atomic mass is 9.87. The fourth-order valence-corrected chi connectivity index (χ4v) is 2.31. The van der Waals surface area contributed by atoms with Crippen molar-refractivity contribution >= 4 is 21.8 Å². The van der Waals surface area contributed by atoms with E-state index >= 15 is 0 Å². The first-order valence-corrected chi connectivity index (χ1v) is 6.20. The zero-order valence-corrected chi connectivity index (χ0v) is 9.77. The normalized spacial score (nSPS) is 28.5. The molecule has 0 aromatic heterocycles. The Morgan fingerprint density at radius 1 is 1.54 bits per heavy atom. The molecule has 0 aromatic carbocycles. The van der Waals surface area contributed by atoms with Crippen molar-refractivity contribution in [3.63, 3.8) is 0 Å². The van der Waals surface area contributed by atoms with Crippen molar-refractivity contribution in [3.05, 3.63) is 0 Å². The number of hydrogen-bond donors (Lipinski definition) is 1. The van der Waals surface area contributed by atoms with Gasteiger partial charge in [-0.3, -0.25) is 4.79 Å². The maximum atomic E-state index is 11.3. The highest BCUT2D eigenvalue weighted by molar-refractivity contribution is 9.09. The maximum Gasteiger partial charge on any atom is 0.221 e. The molecule has 1 rings (SSSR count). The molecule has 3 heteroatoms. The highest BCUT2D eigenvalue weighted by atomic mass is 79.9. The molecule has 0 saturated heterocycles. The van der Waals surface area contributed by atoms with Crippen LogP contribution in [0.25, 0.3) is 0 Å². The summed E-state index contributed by atoms with van der Waals surface area (Å²) in [6, 6.07) is 0.440. The summed E-state index contributed by atoms with van der Waals surface area (Å²) in [5.41, 5.74) is 0. The number of rotatable bonds is 3. The van der Waals surface area contributed by atoms with Crippen molar-refractivity contribution < 1.29 is 4.79 Å². The number of alkyl halides is 1. The van der Waals surface area contributed by atoms with Crippen molar-refractivity contribution in [3.8, 4) is 0 Å². The van der Waals surface area contributed by atoms with Crippen molar-refractivity contribution in [1.82, 2.24) is 5.32 Å². The first-order chi connectivity index (χ1) is 6.22. The predicted octanol–water partition coefficient (Wildman–Crippen LogP) is 2.47. The minimum absolute atomic E-state index is 0.191. The number of carbonyl (C=O) groups excluding carboxylic acids is 1. The topological polar surface area (TPSA) is 29.1 Å². The van der Waals surface area contributed by atoms with Gasteiger partial charge in [-0.1, -0.05) is 35.7 Å². The first-order valence-electron chi connectivity index (χ1n) is 5.07. The van der Waals surface area contributed by atoms with Gasteiger partial charge in [0.1, 0.15) is 0 Å². The molecule has 0 spiro atoms. The molecule has 1 aliphatic rings. The van der Waals surface area contributed by atoms with Crippen LogP contribution in [0.4, 0.5) is 0 Å². The van der Waals surface area contributed by atoms with Crippen LogP contribution in [-0.4, -0.2) is 17.3 Å². The lowest BCUT2D eigenvalue weighted by Gasteiger charge is -2.27. The van der Waals surface area contributed by atoms with Crippen LogP contribution < -0.4 is 5.32 Å². The second kappa shape index (κ2) is 5.63. The zero-order valence-electron chi connectivity index (χ0n) is 8.18. The van der Waals surface area contributed by atoms with Gasteiger partial charge in [-0.25, -0.2) is 0 Å². The Bertz CT molecular complexity index is 172. The molecule has 1 fully saturated rings. The number of nitrogens with one attached hydrogen (secondary N) is 1. The summed E-state index contributed by atoms with van der Waals surface area (Å²) in [6.07, 6.45) is 5.52. The average molecular weight is 248 g/mol. The second-order valence-corrected chi connectivity index (χ2v) is 4.77. The number of halogens is 1. The van der Waals surface area contributed by atoms with E-state index in [2.05, 4.69) is 28.2 Å². The Hall–Kier alpha value is -0.0500. The summed E-state index contributed by atoms with van der Waals surface area (Å²) in [5.74, 6) is 0.971. The van der Waals surface area contributed by atoms with Crippen LogP contribution >= 0.6 is 15.9 Å². The Morgan fingerprint density at radius 2 is 2.31 bits per heavy atom. The molecule has 2 nitrogen and oxygen atoms in total. The van der Waals surface area contributed by atoms with E-state index in [4.69, 9.17) is 0 Å². The van der Waals surface area contributed by atoms with Crippen LogP contribution in [0.2, 0.25) is 0 Å². The van der Waals surface area contributed by atoms with Crippen LogP contribution in [0.5, 0.6) is 0 Å². The van der Waals surface area contributed by atoms with E-state index in [0.29, 0.717) is 12.5 Å². The standard InChI is InChI=1S/C10H18BrNO/c1-8-3-2-4-9(7-8)12-10(13)5-6-11/h8-9H,2-7H2,1H3,(H,12,13). The molecule has 0 heterocycles.